The molecule has 0 aromatic rings. The van der Waals surface area contributed by atoms with Crippen molar-refractivity contribution < 1.29 is 34.1 Å². The monoisotopic (exact) mass is 385 g/mol. The number of amides is 3. The van der Waals surface area contributed by atoms with Gasteiger partial charge in [-0.05, 0) is 40.0 Å². The predicted molar refractivity (Wildman–Crippen MR) is 92.7 cm³/mol. The SMILES string of the molecule is CC(C)(C)OC(=O)N1CCC[C@H]1C(=O)N(CC(=O)O)C(=O)[C@@H]1C[C@@H](O)CN1. The minimum absolute atomic E-state index is 0.0999. The average molecular weight is 385 g/mol. The number of likely N-dealkylation sites (tertiary alicyclic amines) is 1. The molecule has 10 heteroatoms. The number of carboxylic acid groups (broad SMARTS) is 1. The Morgan fingerprint density at radius 3 is 2.41 bits per heavy atom. The molecule has 2 aliphatic heterocycles. The Morgan fingerprint density at radius 2 is 1.89 bits per heavy atom. The van der Waals surface area contributed by atoms with Crippen LogP contribution in [0.4, 0.5) is 4.79 Å². The van der Waals surface area contributed by atoms with Crippen LogP contribution in [0.1, 0.15) is 40.0 Å². The smallest absolute Gasteiger partial charge is 0.410 e. The number of hydrogen-bond acceptors (Lipinski definition) is 7. The summed E-state index contributed by atoms with van der Waals surface area (Å²) >= 11 is 0. The Balaban J connectivity index is 2.16. The molecule has 3 amide bonds. The van der Waals surface area contributed by atoms with Crippen LogP contribution in [-0.2, 0) is 19.1 Å². The molecule has 3 N–H and O–H groups in total. The van der Waals surface area contributed by atoms with Gasteiger partial charge in [-0.1, -0.05) is 0 Å². The van der Waals surface area contributed by atoms with Crippen LogP contribution in [-0.4, -0.2) is 87.3 Å². The molecule has 3 atom stereocenters. The van der Waals surface area contributed by atoms with Crippen molar-refractivity contribution in [2.24, 2.45) is 0 Å². The van der Waals surface area contributed by atoms with E-state index in [4.69, 9.17) is 9.84 Å². The normalized spacial score (nSPS) is 25.3. The highest BCUT2D eigenvalue weighted by atomic mass is 16.6. The second kappa shape index (κ2) is 8.22. The van der Waals surface area contributed by atoms with E-state index in [2.05, 4.69) is 5.32 Å². The highest BCUT2D eigenvalue weighted by Gasteiger charge is 2.43. The summed E-state index contributed by atoms with van der Waals surface area (Å²) in [6.07, 6.45) is -0.434. The van der Waals surface area contributed by atoms with Crippen molar-refractivity contribution >= 4 is 23.9 Å². The molecule has 0 radical (unpaired) electrons. The zero-order valence-electron chi connectivity index (χ0n) is 15.8. The second-order valence-corrected chi connectivity index (χ2v) is 7.84. The third-order valence-electron chi connectivity index (χ3n) is 4.40. The van der Waals surface area contributed by atoms with Crippen LogP contribution in [0.2, 0.25) is 0 Å². The van der Waals surface area contributed by atoms with Gasteiger partial charge in [0.05, 0.1) is 12.1 Å². The third-order valence-corrected chi connectivity index (χ3v) is 4.40. The Hall–Kier alpha value is -2.20. The number of nitrogens with one attached hydrogen (secondary N) is 1. The molecule has 2 heterocycles. The van der Waals surface area contributed by atoms with Gasteiger partial charge in [-0.15, -0.1) is 0 Å². The fourth-order valence-electron chi connectivity index (χ4n) is 3.24. The molecule has 0 aromatic carbocycles. The molecule has 10 nitrogen and oxygen atoms in total. The van der Waals surface area contributed by atoms with Gasteiger partial charge in [0, 0.05) is 13.1 Å². The Morgan fingerprint density at radius 1 is 1.22 bits per heavy atom. The van der Waals surface area contributed by atoms with Crippen LogP contribution >= 0.6 is 0 Å². The van der Waals surface area contributed by atoms with Gasteiger partial charge in [0.15, 0.2) is 0 Å². The number of hydrogen-bond donors (Lipinski definition) is 3. The molecule has 0 saturated carbocycles. The number of imide groups is 1. The fraction of sp³-hybridized carbons (Fsp3) is 0.765. The molecule has 2 fully saturated rings. The van der Waals surface area contributed by atoms with Crippen LogP contribution in [0.3, 0.4) is 0 Å². The Bertz CT molecular complexity index is 616. The first-order valence-corrected chi connectivity index (χ1v) is 8.97. The third kappa shape index (κ3) is 5.39. The van der Waals surface area contributed by atoms with E-state index in [9.17, 15) is 24.3 Å². The van der Waals surface area contributed by atoms with Crippen LogP contribution < -0.4 is 5.32 Å². The van der Waals surface area contributed by atoms with Crippen LogP contribution in [0.5, 0.6) is 0 Å². The Kier molecular flexibility index (Phi) is 6.42. The summed E-state index contributed by atoms with van der Waals surface area (Å²) in [7, 11) is 0. The van der Waals surface area contributed by atoms with Gasteiger partial charge in [0.25, 0.3) is 5.91 Å². The number of ether oxygens (including phenoxy) is 1. The summed E-state index contributed by atoms with van der Waals surface area (Å²) in [5, 5.41) is 21.5. The van der Waals surface area contributed by atoms with Crippen LogP contribution in [0, 0.1) is 0 Å². The molecule has 0 aliphatic carbocycles. The van der Waals surface area contributed by atoms with Gasteiger partial charge < -0.3 is 20.3 Å². The quantitative estimate of drug-likeness (QED) is 0.554. The van der Waals surface area contributed by atoms with Crippen molar-refractivity contribution in [3.05, 3.63) is 0 Å². The summed E-state index contributed by atoms with van der Waals surface area (Å²) in [6, 6.07) is -1.78. The maximum absolute atomic E-state index is 12.9. The number of aliphatic hydroxyl groups is 1. The zero-order chi connectivity index (χ0) is 20.4. The maximum Gasteiger partial charge on any atom is 0.410 e. The number of aliphatic hydroxyl groups excluding tert-OH is 1. The van der Waals surface area contributed by atoms with Crippen LogP contribution in [0.15, 0.2) is 0 Å². The van der Waals surface area contributed by atoms with E-state index in [1.807, 2.05) is 0 Å². The highest BCUT2D eigenvalue weighted by molar-refractivity contribution is 6.03. The zero-order valence-corrected chi connectivity index (χ0v) is 15.8. The molecular weight excluding hydrogens is 358 g/mol. The predicted octanol–water partition coefficient (Wildman–Crippen LogP) is -0.451. The molecule has 0 unspecified atom stereocenters. The number of carbonyl (C=O) groups excluding carboxylic acids is 3. The van der Waals surface area contributed by atoms with Gasteiger partial charge in [-0.3, -0.25) is 24.2 Å². The topological polar surface area (TPSA) is 136 Å². The molecule has 0 bridgehead atoms. The lowest BCUT2D eigenvalue weighted by Gasteiger charge is -2.31. The van der Waals surface area contributed by atoms with Gasteiger partial charge in [0.1, 0.15) is 18.2 Å². The van der Waals surface area contributed by atoms with Crippen molar-refractivity contribution in [3.63, 3.8) is 0 Å². The molecule has 0 aromatic heterocycles. The van der Waals surface area contributed by atoms with Gasteiger partial charge in [0.2, 0.25) is 5.91 Å². The van der Waals surface area contributed by atoms with Crippen molar-refractivity contribution in [2.75, 3.05) is 19.6 Å². The highest BCUT2D eigenvalue weighted by Crippen LogP contribution is 2.23. The average Bonchev–Trinajstić information content (AvgIpc) is 3.18. The van der Waals surface area contributed by atoms with Crippen molar-refractivity contribution in [1.29, 1.82) is 0 Å². The largest absolute Gasteiger partial charge is 0.480 e. The number of aliphatic carboxylic acids is 1. The summed E-state index contributed by atoms with van der Waals surface area (Å²) in [6.45, 7) is 4.80. The number of nitrogens with zero attached hydrogens (tertiary/aromatic N) is 2. The summed E-state index contributed by atoms with van der Waals surface area (Å²) in [5.74, 6) is -2.79. The van der Waals surface area contributed by atoms with Crippen molar-refractivity contribution in [1.82, 2.24) is 15.1 Å². The molecule has 0 spiro atoms. The number of β-amino-alcohol motifs (C(OH)–C–C–N with tert-alkyl or cyclic N) is 1. The molecular formula is C17H27N3O7. The van der Waals surface area contributed by atoms with Crippen molar-refractivity contribution in [3.8, 4) is 0 Å². The second-order valence-electron chi connectivity index (χ2n) is 7.84. The van der Waals surface area contributed by atoms with E-state index < -0.39 is 54.2 Å². The number of rotatable bonds is 4. The van der Waals surface area contributed by atoms with E-state index in [0.29, 0.717) is 24.3 Å². The van der Waals surface area contributed by atoms with Crippen LogP contribution in [0.25, 0.3) is 0 Å². The standard InChI is InChI=1S/C17H27N3O7/c1-17(2,3)27-16(26)19-6-4-5-12(19)15(25)20(9-13(22)23)14(24)11-7-10(21)8-18-11/h10-12,18,21H,4-9H2,1-3H3,(H,22,23)/t10-,11+,12+/m1/s1. The molecule has 2 aliphatic rings. The summed E-state index contributed by atoms with van der Waals surface area (Å²) in [4.78, 5) is 51.1. The van der Waals surface area contributed by atoms with E-state index in [1.165, 1.54) is 4.90 Å². The minimum Gasteiger partial charge on any atom is -0.480 e. The molecule has 152 valence electrons. The van der Waals surface area contributed by atoms with Gasteiger partial charge in [-0.25, -0.2) is 4.79 Å². The fourth-order valence-corrected chi connectivity index (χ4v) is 3.24. The Labute approximate surface area is 157 Å². The summed E-state index contributed by atoms with van der Waals surface area (Å²) in [5.41, 5.74) is -0.742. The maximum atomic E-state index is 12.9. The van der Waals surface area contributed by atoms with Crippen molar-refractivity contribution in [2.45, 2.75) is 63.8 Å². The lowest BCUT2D eigenvalue weighted by molar-refractivity contribution is -0.155. The van der Waals surface area contributed by atoms with Gasteiger partial charge >= 0.3 is 12.1 Å². The van der Waals surface area contributed by atoms with Gasteiger partial charge in [-0.2, -0.15) is 0 Å². The molecule has 2 saturated heterocycles. The number of carbonyl (C=O) groups is 4. The molecule has 2 rings (SSSR count). The first-order valence-electron chi connectivity index (χ1n) is 8.97. The number of carboxylic acids is 1. The van der Waals surface area contributed by atoms with E-state index >= 15 is 0 Å². The minimum atomic E-state index is -1.34. The van der Waals surface area contributed by atoms with E-state index in [0.717, 1.165) is 0 Å². The lowest BCUT2D eigenvalue weighted by atomic mass is 10.1. The van der Waals surface area contributed by atoms with E-state index in [-0.39, 0.29) is 13.0 Å². The lowest BCUT2D eigenvalue weighted by Crippen LogP contribution is -2.55. The van der Waals surface area contributed by atoms with E-state index in [1.54, 1.807) is 20.8 Å². The summed E-state index contributed by atoms with van der Waals surface area (Å²) < 4.78 is 5.31. The molecule has 27 heavy (non-hydrogen) atoms. The first-order chi connectivity index (χ1) is 12.5. The first kappa shape index (κ1) is 21.1.